The molecule has 0 spiro atoms. The number of esters is 1. The zero-order chi connectivity index (χ0) is 21.1. The molecule has 0 atom stereocenters. The molecule has 148 valence electrons. The third-order valence-electron chi connectivity index (χ3n) is 4.35. The summed E-state index contributed by atoms with van der Waals surface area (Å²) >= 11 is 5.88. The lowest BCUT2D eigenvalue weighted by atomic mass is 10.1. The zero-order valence-corrected chi connectivity index (χ0v) is 17.2. The topological polar surface area (TPSA) is 47.9 Å². The van der Waals surface area contributed by atoms with Gasteiger partial charge in [0.05, 0.1) is 5.69 Å². The molecule has 1 aliphatic heterocycles. The molecule has 3 aromatic rings. The van der Waals surface area contributed by atoms with Crippen LogP contribution in [-0.2, 0) is 4.74 Å². The van der Waals surface area contributed by atoms with E-state index in [0.29, 0.717) is 22.0 Å². The van der Waals surface area contributed by atoms with Crippen molar-refractivity contribution in [2.45, 2.75) is 19.6 Å². The minimum absolute atomic E-state index is 0.372. The summed E-state index contributed by atoms with van der Waals surface area (Å²) in [4.78, 5) is 16.6. The molecule has 1 heterocycles. The Morgan fingerprint density at radius 1 is 0.900 bits per heavy atom. The number of fused-ring (bicyclic) bond motifs is 1. The Morgan fingerprint density at radius 2 is 1.53 bits per heavy atom. The Hall–Kier alpha value is -3.55. The van der Waals surface area contributed by atoms with E-state index in [1.165, 1.54) is 0 Å². The van der Waals surface area contributed by atoms with Gasteiger partial charge in [0.25, 0.3) is 0 Å². The molecule has 0 unspecified atom stereocenters. The summed E-state index contributed by atoms with van der Waals surface area (Å²) in [5.41, 5.74) is 3.74. The second kappa shape index (κ2) is 8.06. The number of rotatable bonds is 2. The van der Waals surface area contributed by atoms with Gasteiger partial charge in [-0.3, -0.25) is 4.99 Å². The molecule has 0 bridgehead atoms. The van der Waals surface area contributed by atoms with Crippen molar-refractivity contribution >= 4 is 29.5 Å². The lowest BCUT2D eigenvalue weighted by Crippen LogP contribution is -2.38. The van der Waals surface area contributed by atoms with E-state index in [0.717, 1.165) is 16.7 Å². The molecule has 4 rings (SSSR count). The number of ether oxygens (including phenoxy) is 2. The highest BCUT2D eigenvalue weighted by molar-refractivity contribution is 6.30. The van der Waals surface area contributed by atoms with Crippen LogP contribution in [-0.4, -0.2) is 18.0 Å². The number of cyclic esters (lactones) is 1. The summed E-state index contributed by atoms with van der Waals surface area (Å²) in [6.07, 6.45) is 1.73. The zero-order valence-electron chi connectivity index (χ0n) is 16.5. The van der Waals surface area contributed by atoms with Crippen LogP contribution in [0.3, 0.4) is 0 Å². The van der Waals surface area contributed by atoms with Crippen molar-refractivity contribution in [3.63, 3.8) is 0 Å². The van der Waals surface area contributed by atoms with Crippen LogP contribution in [0, 0.1) is 11.8 Å². The van der Waals surface area contributed by atoms with Crippen LogP contribution in [0.5, 0.6) is 5.75 Å². The van der Waals surface area contributed by atoms with E-state index in [4.69, 9.17) is 21.1 Å². The first-order valence-corrected chi connectivity index (χ1v) is 9.74. The number of hydrogen-bond donors (Lipinski definition) is 0. The Bertz CT molecular complexity index is 1180. The fourth-order valence-electron chi connectivity index (χ4n) is 2.89. The Kier molecular flexibility index (Phi) is 5.31. The van der Waals surface area contributed by atoms with Crippen LogP contribution in [0.25, 0.3) is 0 Å². The van der Waals surface area contributed by atoms with E-state index in [1.807, 2.05) is 48.5 Å². The summed E-state index contributed by atoms with van der Waals surface area (Å²) < 4.78 is 10.9. The molecule has 0 amide bonds. The number of aliphatic imine (C=N–C) groups is 1. The highest BCUT2D eigenvalue weighted by Gasteiger charge is 2.33. The SMILES string of the molecule is CC1(C)OC(=O)c2cc(/N=C\c3ccc(C#Cc4ccc(Cl)cc4)cc3)ccc2O1. The number of nitrogens with zero attached hydrogens (tertiary/aromatic N) is 1. The summed E-state index contributed by atoms with van der Waals surface area (Å²) in [6.45, 7) is 3.40. The maximum atomic E-state index is 12.2. The molecule has 30 heavy (non-hydrogen) atoms. The molecule has 5 heteroatoms. The third-order valence-corrected chi connectivity index (χ3v) is 4.60. The molecule has 0 saturated heterocycles. The highest BCUT2D eigenvalue weighted by atomic mass is 35.5. The first-order chi connectivity index (χ1) is 14.4. The number of hydrogen-bond acceptors (Lipinski definition) is 4. The van der Waals surface area contributed by atoms with E-state index >= 15 is 0 Å². The van der Waals surface area contributed by atoms with Crippen LogP contribution in [0.1, 0.15) is 40.9 Å². The van der Waals surface area contributed by atoms with E-state index in [-0.39, 0.29) is 0 Å². The van der Waals surface area contributed by atoms with Gasteiger partial charge in [0.15, 0.2) is 0 Å². The van der Waals surface area contributed by atoms with Crippen LogP contribution >= 0.6 is 11.6 Å². The third kappa shape index (κ3) is 4.71. The van der Waals surface area contributed by atoms with Gasteiger partial charge in [-0.1, -0.05) is 35.6 Å². The predicted octanol–water partition coefficient (Wildman–Crippen LogP) is 5.78. The average Bonchev–Trinajstić information content (AvgIpc) is 2.72. The predicted molar refractivity (Wildman–Crippen MR) is 118 cm³/mol. The first kappa shape index (κ1) is 19.8. The molecular weight excluding hydrogens is 398 g/mol. The number of carbonyl (C=O) groups is 1. The highest BCUT2D eigenvalue weighted by Crippen LogP contribution is 2.33. The monoisotopic (exact) mass is 415 g/mol. The van der Waals surface area contributed by atoms with Gasteiger partial charge in [-0.05, 0) is 60.2 Å². The van der Waals surface area contributed by atoms with Gasteiger partial charge in [-0.25, -0.2) is 4.79 Å². The van der Waals surface area contributed by atoms with Crippen LogP contribution < -0.4 is 4.74 Å². The normalized spacial score (nSPS) is 14.3. The number of benzene rings is 3. The standard InChI is InChI=1S/C25H18ClNO3/c1-25(2)29-23-14-13-21(15-22(23)24(28)30-25)27-16-19-7-5-17(6-8-19)3-4-18-9-11-20(26)12-10-18/h5-16H,1-2H3/b27-16-. The molecular formula is C25H18ClNO3. The Morgan fingerprint density at radius 3 is 2.20 bits per heavy atom. The van der Waals surface area contributed by atoms with Crippen LogP contribution in [0.15, 0.2) is 71.7 Å². The van der Waals surface area contributed by atoms with Gasteiger partial charge in [-0.2, -0.15) is 0 Å². The average molecular weight is 416 g/mol. The largest absolute Gasteiger partial charge is 0.452 e. The lowest BCUT2D eigenvalue weighted by Gasteiger charge is -2.31. The lowest BCUT2D eigenvalue weighted by molar-refractivity contribution is -0.127. The minimum atomic E-state index is -0.965. The van der Waals surface area contributed by atoms with Gasteiger partial charge in [0, 0.05) is 36.2 Å². The Balaban J connectivity index is 1.47. The smallest absolute Gasteiger partial charge is 0.345 e. The maximum Gasteiger partial charge on any atom is 0.345 e. The Labute approximate surface area is 180 Å². The van der Waals surface area contributed by atoms with Crippen molar-refractivity contribution in [2.24, 2.45) is 4.99 Å². The molecule has 0 saturated carbocycles. The molecule has 0 N–H and O–H groups in total. The van der Waals surface area contributed by atoms with Crippen molar-refractivity contribution < 1.29 is 14.3 Å². The molecule has 0 fully saturated rings. The van der Waals surface area contributed by atoms with E-state index in [9.17, 15) is 4.79 Å². The molecule has 0 aliphatic carbocycles. The van der Waals surface area contributed by atoms with Gasteiger partial charge < -0.3 is 9.47 Å². The summed E-state index contributed by atoms with van der Waals surface area (Å²) in [7, 11) is 0. The second-order valence-electron chi connectivity index (χ2n) is 7.21. The molecule has 3 aromatic carbocycles. The second-order valence-corrected chi connectivity index (χ2v) is 7.65. The maximum absolute atomic E-state index is 12.2. The van der Waals surface area contributed by atoms with Gasteiger partial charge in [-0.15, -0.1) is 0 Å². The van der Waals surface area contributed by atoms with Crippen molar-refractivity contribution in [2.75, 3.05) is 0 Å². The fraction of sp³-hybridized carbons (Fsp3) is 0.120. The minimum Gasteiger partial charge on any atom is -0.452 e. The summed E-state index contributed by atoms with van der Waals surface area (Å²) in [6, 6.07) is 20.4. The quantitative estimate of drug-likeness (QED) is 0.303. The van der Waals surface area contributed by atoms with Gasteiger partial charge in [0.1, 0.15) is 11.3 Å². The molecule has 0 aromatic heterocycles. The summed E-state index contributed by atoms with van der Waals surface area (Å²) in [5, 5.41) is 0.691. The molecule has 4 nitrogen and oxygen atoms in total. The fourth-order valence-corrected chi connectivity index (χ4v) is 3.02. The van der Waals surface area contributed by atoms with Crippen molar-refractivity contribution in [3.05, 3.63) is 94.0 Å². The first-order valence-electron chi connectivity index (χ1n) is 9.36. The van der Waals surface area contributed by atoms with E-state index in [1.54, 1.807) is 38.3 Å². The van der Waals surface area contributed by atoms with Crippen molar-refractivity contribution in [3.8, 4) is 17.6 Å². The summed E-state index contributed by atoms with van der Waals surface area (Å²) in [5.74, 6) is 5.35. The van der Waals surface area contributed by atoms with Crippen molar-refractivity contribution in [1.29, 1.82) is 0 Å². The molecule has 1 aliphatic rings. The number of carbonyl (C=O) groups excluding carboxylic acids is 1. The van der Waals surface area contributed by atoms with Gasteiger partial charge >= 0.3 is 5.97 Å². The molecule has 0 radical (unpaired) electrons. The van der Waals surface area contributed by atoms with Crippen molar-refractivity contribution in [1.82, 2.24) is 0 Å². The van der Waals surface area contributed by atoms with Gasteiger partial charge in [0.2, 0.25) is 5.79 Å². The van der Waals surface area contributed by atoms with Crippen LogP contribution in [0.2, 0.25) is 5.02 Å². The van der Waals surface area contributed by atoms with E-state index < -0.39 is 11.8 Å². The number of halogens is 1. The van der Waals surface area contributed by atoms with E-state index in [2.05, 4.69) is 16.8 Å². The van der Waals surface area contributed by atoms with Crippen LogP contribution in [0.4, 0.5) is 5.69 Å².